The predicted octanol–water partition coefficient (Wildman–Crippen LogP) is 4.34. The van der Waals surface area contributed by atoms with E-state index < -0.39 is 31.3 Å². The van der Waals surface area contributed by atoms with Gasteiger partial charge in [-0.1, -0.05) is 65.7 Å². The minimum atomic E-state index is -4.08. The number of hydrogen-bond acceptors (Lipinski definition) is 6. The fourth-order valence-corrected chi connectivity index (χ4v) is 7.12. The van der Waals surface area contributed by atoms with Gasteiger partial charge in [0, 0.05) is 16.0 Å². The van der Waals surface area contributed by atoms with Crippen LogP contribution in [0.25, 0.3) is 0 Å². The number of guanidine groups is 1. The van der Waals surface area contributed by atoms with Crippen molar-refractivity contribution in [3.05, 3.63) is 100 Å². The molecule has 1 heterocycles. The molecular weight excluding hydrogens is 593 g/mol. The molecule has 40 heavy (non-hydrogen) atoms. The summed E-state index contributed by atoms with van der Waals surface area (Å²) in [4.78, 5) is 4.70. The van der Waals surface area contributed by atoms with E-state index in [1.807, 2.05) is 42.5 Å². The molecule has 13 heteroatoms. The van der Waals surface area contributed by atoms with Gasteiger partial charge in [-0.05, 0) is 66.8 Å². The molecule has 3 aromatic carbocycles. The van der Waals surface area contributed by atoms with E-state index in [1.165, 1.54) is 29.3 Å². The first-order valence-corrected chi connectivity index (χ1v) is 16.4. The molecule has 0 amide bonds. The second-order valence-corrected chi connectivity index (χ2v) is 14.1. The number of aliphatic imine (C=N–C) groups is 1. The second kappa shape index (κ2) is 11.5. The molecule has 0 radical (unpaired) electrons. The van der Waals surface area contributed by atoms with E-state index >= 15 is 0 Å². The minimum Gasteiger partial charge on any atom is -0.248 e. The Morgan fingerprint density at radius 1 is 0.900 bits per heavy atom. The van der Waals surface area contributed by atoms with Gasteiger partial charge in [0.05, 0.1) is 28.4 Å². The van der Waals surface area contributed by atoms with Crippen molar-refractivity contribution in [2.24, 2.45) is 15.2 Å². The highest BCUT2D eigenvalue weighted by Crippen LogP contribution is 2.31. The molecule has 3 atom stereocenters. The van der Waals surface area contributed by atoms with E-state index in [0.29, 0.717) is 29.4 Å². The van der Waals surface area contributed by atoms with Crippen LogP contribution in [0.2, 0.25) is 10.0 Å². The zero-order valence-electron chi connectivity index (χ0n) is 21.2. The molecule has 1 aliphatic heterocycles. The molecule has 1 saturated carbocycles. The van der Waals surface area contributed by atoms with Gasteiger partial charge in [-0.3, -0.25) is 0 Å². The number of nitrogens with two attached hydrogens (primary N) is 1. The normalized spacial score (nSPS) is 21.9. The van der Waals surface area contributed by atoms with Crippen molar-refractivity contribution < 1.29 is 16.8 Å². The predicted molar refractivity (Wildman–Crippen MR) is 158 cm³/mol. The molecule has 210 valence electrons. The van der Waals surface area contributed by atoms with Gasteiger partial charge in [-0.15, -0.1) is 0 Å². The summed E-state index contributed by atoms with van der Waals surface area (Å²) in [6.45, 7) is 0.301. The van der Waals surface area contributed by atoms with Crippen LogP contribution in [0.4, 0.5) is 0 Å². The summed E-state index contributed by atoms with van der Waals surface area (Å²) in [7, 11) is -7.82. The summed E-state index contributed by atoms with van der Waals surface area (Å²) >= 11 is 12.1. The monoisotopic (exact) mass is 619 g/mol. The van der Waals surface area contributed by atoms with Gasteiger partial charge in [-0.25, -0.2) is 36.7 Å². The zero-order valence-corrected chi connectivity index (χ0v) is 24.3. The zero-order chi connectivity index (χ0) is 28.5. The van der Waals surface area contributed by atoms with E-state index in [2.05, 4.69) is 4.72 Å². The number of rotatable bonds is 6. The van der Waals surface area contributed by atoms with E-state index in [4.69, 9.17) is 38.4 Å². The van der Waals surface area contributed by atoms with E-state index in [0.717, 1.165) is 16.8 Å². The lowest BCUT2D eigenvalue weighted by atomic mass is 9.91. The van der Waals surface area contributed by atoms with Crippen LogP contribution in [0.15, 0.2) is 93.9 Å². The summed E-state index contributed by atoms with van der Waals surface area (Å²) in [6.07, 6.45) is 0.974. The summed E-state index contributed by atoms with van der Waals surface area (Å²) < 4.78 is 53.3. The second-order valence-electron chi connectivity index (χ2n) is 9.73. The van der Waals surface area contributed by atoms with Crippen LogP contribution in [0.3, 0.4) is 0 Å². The third-order valence-corrected chi connectivity index (χ3v) is 10.2. The third-order valence-electron chi connectivity index (χ3n) is 6.98. The topological polar surface area (TPSA) is 134 Å². The fourth-order valence-electron chi connectivity index (χ4n) is 4.91. The van der Waals surface area contributed by atoms with Crippen LogP contribution >= 0.6 is 23.2 Å². The van der Waals surface area contributed by atoms with Crippen molar-refractivity contribution in [3.63, 3.8) is 0 Å². The molecular formula is C27H27Cl2N5O4S2. The van der Waals surface area contributed by atoms with E-state index in [9.17, 15) is 16.8 Å². The standard InChI is InChI=1S/C27H27Cl2N5O4S2/c28-20-8-6-19(7-9-20)26-25(18-4-2-1-3-5-18)17-34(32-26)27(31-22-12-15-24(16-22)39(30,35)36)33-40(37,38)23-13-10-21(29)11-14-23/h1-11,13-14,22,24-25H,12,15-17H2,(H,31,33)(H2,30,35,36)/t22-,24+,25+/m0/s1. The Balaban J connectivity index is 1.55. The number of primary sulfonamides is 1. The maximum atomic E-state index is 13.4. The molecule has 0 aromatic heterocycles. The summed E-state index contributed by atoms with van der Waals surface area (Å²) in [5.74, 6) is -0.201. The highest BCUT2D eigenvalue weighted by Gasteiger charge is 2.36. The van der Waals surface area contributed by atoms with Gasteiger partial charge in [0.15, 0.2) is 0 Å². The molecule has 1 aliphatic carbocycles. The van der Waals surface area contributed by atoms with Crippen LogP contribution in [-0.4, -0.2) is 51.4 Å². The van der Waals surface area contributed by atoms with Crippen molar-refractivity contribution in [2.75, 3.05) is 6.54 Å². The minimum absolute atomic E-state index is 0.0000796. The Morgan fingerprint density at radius 3 is 2.12 bits per heavy atom. The van der Waals surface area contributed by atoms with E-state index in [-0.39, 0.29) is 23.2 Å². The number of nitrogens with one attached hydrogen (secondary N) is 1. The Kier molecular flexibility index (Phi) is 8.21. The van der Waals surface area contributed by atoms with Crippen LogP contribution in [0.5, 0.6) is 0 Å². The molecule has 0 spiro atoms. The van der Waals surface area contributed by atoms with Crippen LogP contribution in [-0.2, 0) is 20.0 Å². The number of nitrogens with zero attached hydrogens (tertiary/aromatic N) is 3. The highest BCUT2D eigenvalue weighted by atomic mass is 35.5. The summed E-state index contributed by atoms with van der Waals surface area (Å²) in [5, 5.41) is 12.0. The Hall–Kier alpha value is -2.96. The first kappa shape index (κ1) is 28.6. The van der Waals surface area contributed by atoms with Gasteiger partial charge in [0.1, 0.15) is 0 Å². The Labute approximate surface area is 243 Å². The maximum Gasteiger partial charge on any atom is 0.264 e. The molecule has 0 saturated heterocycles. The first-order valence-electron chi connectivity index (χ1n) is 12.5. The van der Waals surface area contributed by atoms with Gasteiger partial charge in [0.25, 0.3) is 10.0 Å². The molecule has 1 fully saturated rings. The largest absolute Gasteiger partial charge is 0.264 e. The average Bonchev–Trinajstić information content (AvgIpc) is 3.57. The molecule has 5 rings (SSSR count). The van der Waals surface area contributed by atoms with Crippen molar-refractivity contribution >= 4 is 54.9 Å². The third kappa shape index (κ3) is 6.50. The smallest absolute Gasteiger partial charge is 0.248 e. The van der Waals surface area contributed by atoms with Crippen molar-refractivity contribution in [1.82, 2.24) is 9.73 Å². The fraction of sp³-hybridized carbons (Fsp3) is 0.259. The van der Waals surface area contributed by atoms with Crippen LogP contribution in [0.1, 0.15) is 36.3 Å². The number of hydrogen-bond donors (Lipinski definition) is 2. The summed E-state index contributed by atoms with van der Waals surface area (Å²) in [6, 6.07) is 22.3. The lowest BCUT2D eigenvalue weighted by Gasteiger charge is -2.21. The number of sulfonamides is 2. The van der Waals surface area contributed by atoms with Gasteiger partial charge >= 0.3 is 0 Å². The quantitative estimate of drug-likeness (QED) is 0.313. The average molecular weight is 621 g/mol. The Morgan fingerprint density at radius 2 is 1.52 bits per heavy atom. The number of benzene rings is 3. The molecule has 9 nitrogen and oxygen atoms in total. The van der Waals surface area contributed by atoms with Crippen molar-refractivity contribution in [1.29, 1.82) is 0 Å². The molecule has 2 aliphatic rings. The summed E-state index contributed by atoms with van der Waals surface area (Å²) in [5.41, 5.74) is 2.54. The van der Waals surface area contributed by atoms with Gasteiger partial charge in [-0.2, -0.15) is 5.10 Å². The van der Waals surface area contributed by atoms with Crippen LogP contribution in [0, 0.1) is 0 Å². The van der Waals surface area contributed by atoms with Crippen molar-refractivity contribution in [2.45, 2.75) is 41.4 Å². The molecule has 3 aromatic rings. The number of hydrazone groups is 1. The molecule has 3 N–H and O–H groups in total. The van der Waals surface area contributed by atoms with Gasteiger partial charge in [0.2, 0.25) is 16.0 Å². The Bertz CT molecular complexity index is 1650. The van der Waals surface area contributed by atoms with Crippen molar-refractivity contribution in [3.8, 4) is 0 Å². The lowest BCUT2D eigenvalue weighted by Crippen LogP contribution is -2.42. The highest BCUT2D eigenvalue weighted by molar-refractivity contribution is 7.90. The maximum absolute atomic E-state index is 13.4. The lowest BCUT2D eigenvalue weighted by molar-refractivity contribution is 0.456. The van der Waals surface area contributed by atoms with Gasteiger partial charge < -0.3 is 0 Å². The first-order chi connectivity index (χ1) is 19.0. The number of halogens is 2. The SMILES string of the molecule is NS(=O)(=O)[C@@H]1CC[C@H](/N=C(\NS(=O)(=O)c2ccc(Cl)cc2)N2C[C@H](c3ccccc3)C(c3ccc(Cl)cc3)=N2)C1. The van der Waals surface area contributed by atoms with Crippen LogP contribution < -0.4 is 9.86 Å². The van der Waals surface area contributed by atoms with E-state index in [1.54, 1.807) is 12.1 Å². The molecule has 0 bridgehead atoms. The molecule has 0 unspecified atom stereocenters.